The first-order valence-corrected chi connectivity index (χ1v) is 6.87. The number of rotatable bonds is 5. The number of carbonyl (C=O) groups excluding carboxylic acids is 1. The van der Waals surface area contributed by atoms with Gasteiger partial charge in [-0.25, -0.2) is 9.18 Å². The van der Waals surface area contributed by atoms with E-state index in [1.807, 2.05) is 0 Å². The molecule has 0 spiro atoms. The van der Waals surface area contributed by atoms with Gasteiger partial charge in [0.05, 0.1) is 18.2 Å². The van der Waals surface area contributed by atoms with Crippen molar-refractivity contribution in [2.75, 3.05) is 20.3 Å². The van der Waals surface area contributed by atoms with Crippen molar-refractivity contribution in [3.63, 3.8) is 0 Å². The van der Waals surface area contributed by atoms with Crippen molar-refractivity contribution in [2.24, 2.45) is 0 Å². The summed E-state index contributed by atoms with van der Waals surface area (Å²) in [7, 11) is 1.30. The zero-order valence-electron chi connectivity index (χ0n) is 11.2. The van der Waals surface area contributed by atoms with Crippen LogP contribution < -0.4 is 5.32 Å². The van der Waals surface area contributed by atoms with Gasteiger partial charge in [0.15, 0.2) is 0 Å². The van der Waals surface area contributed by atoms with Crippen molar-refractivity contribution in [1.29, 1.82) is 0 Å². The van der Waals surface area contributed by atoms with Crippen LogP contribution in [0.4, 0.5) is 4.39 Å². The SMILES string of the molecule is COC(=O)C(NCC1CCCO1)c1ccc(Cl)c(F)c1. The molecule has 0 aliphatic carbocycles. The maximum Gasteiger partial charge on any atom is 0.327 e. The Morgan fingerprint density at radius 3 is 3.05 bits per heavy atom. The molecule has 1 fully saturated rings. The van der Waals surface area contributed by atoms with Gasteiger partial charge in [0.2, 0.25) is 0 Å². The number of hydrogen-bond acceptors (Lipinski definition) is 4. The van der Waals surface area contributed by atoms with E-state index < -0.39 is 17.8 Å². The molecule has 4 nitrogen and oxygen atoms in total. The predicted octanol–water partition coefficient (Wildman–Crippen LogP) is 2.46. The number of esters is 1. The summed E-state index contributed by atoms with van der Waals surface area (Å²) in [5.41, 5.74) is 0.483. The lowest BCUT2D eigenvalue weighted by Crippen LogP contribution is -2.35. The zero-order valence-corrected chi connectivity index (χ0v) is 12.0. The van der Waals surface area contributed by atoms with Gasteiger partial charge in [-0.3, -0.25) is 5.32 Å². The molecular weight excluding hydrogens is 285 g/mol. The van der Waals surface area contributed by atoms with Gasteiger partial charge in [0.1, 0.15) is 11.9 Å². The quantitative estimate of drug-likeness (QED) is 0.849. The minimum absolute atomic E-state index is 0.0245. The monoisotopic (exact) mass is 301 g/mol. The highest BCUT2D eigenvalue weighted by Crippen LogP contribution is 2.22. The molecule has 1 heterocycles. The predicted molar refractivity (Wildman–Crippen MR) is 73.1 cm³/mol. The smallest absolute Gasteiger partial charge is 0.327 e. The van der Waals surface area contributed by atoms with E-state index in [-0.39, 0.29) is 11.1 Å². The van der Waals surface area contributed by atoms with E-state index in [9.17, 15) is 9.18 Å². The average Bonchev–Trinajstić information content (AvgIpc) is 2.95. The first-order chi connectivity index (χ1) is 9.61. The minimum Gasteiger partial charge on any atom is -0.468 e. The Hall–Kier alpha value is -1.17. The minimum atomic E-state index is -0.726. The molecule has 0 amide bonds. The highest BCUT2D eigenvalue weighted by atomic mass is 35.5. The van der Waals surface area contributed by atoms with E-state index >= 15 is 0 Å². The number of halogens is 2. The second-order valence-electron chi connectivity index (χ2n) is 4.67. The van der Waals surface area contributed by atoms with Crippen molar-refractivity contribution in [1.82, 2.24) is 5.32 Å². The Morgan fingerprint density at radius 1 is 1.65 bits per heavy atom. The highest BCUT2D eigenvalue weighted by Gasteiger charge is 2.24. The van der Waals surface area contributed by atoms with Crippen LogP contribution in [0.1, 0.15) is 24.4 Å². The standard InChI is InChI=1S/C14H17ClFNO3/c1-19-14(18)13(17-8-10-3-2-6-20-10)9-4-5-11(15)12(16)7-9/h4-5,7,10,13,17H,2-3,6,8H2,1H3. The Balaban J connectivity index is 2.09. The summed E-state index contributed by atoms with van der Waals surface area (Å²) in [6.07, 6.45) is 2.06. The number of carbonyl (C=O) groups is 1. The van der Waals surface area contributed by atoms with Crippen LogP contribution in [0, 0.1) is 5.82 Å². The summed E-state index contributed by atoms with van der Waals surface area (Å²) >= 11 is 5.65. The van der Waals surface area contributed by atoms with Crippen molar-refractivity contribution in [2.45, 2.75) is 25.0 Å². The molecule has 1 saturated heterocycles. The molecule has 6 heteroatoms. The fourth-order valence-corrected chi connectivity index (χ4v) is 2.32. The van der Waals surface area contributed by atoms with E-state index in [0.29, 0.717) is 12.1 Å². The van der Waals surface area contributed by atoms with Crippen molar-refractivity contribution in [3.8, 4) is 0 Å². The molecule has 2 unspecified atom stereocenters. The highest BCUT2D eigenvalue weighted by molar-refractivity contribution is 6.30. The first-order valence-electron chi connectivity index (χ1n) is 6.49. The molecular formula is C14H17ClFNO3. The third-order valence-corrected chi connectivity index (χ3v) is 3.59. The Morgan fingerprint density at radius 2 is 2.45 bits per heavy atom. The van der Waals surface area contributed by atoms with Crippen molar-refractivity contribution in [3.05, 3.63) is 34.6 Å². The number of nitrogens with one attached hydrogen (secondary N) is 1. The Labute approximate surface area is 122 Å². The van der Waals surface area contributed by atoms with E-state index in [2.05, 4.69) is 5.32 Å². The summed E-state index contributed by atoms with van der Waals surface area (Å²) in [5, 5.41) is 3.09. The van der Waals surface area contributed by atoms with Gasteiger partial charge in [-0.15, -0.1) is 0 Å². The molecule has 1 N–H and O–H groups in total. The molecule has 0 bridgehead atoms. The maximum atomic E-state index is 13.5. The van der Waals surface area contributed by atoms with Crippen LogP contribution in [0.25, 0.3) is 0 Å². The largest absolute Gasteiger partial charge is 0.468 e. The molecule has 0 radical (unpaired) electrons. The van der Waals surface area contributed by atoms with Gasteiger partial charge in [-0.05, 0) is 30.5 Å². The van der Waals surface area contributed by atoms with Crippen LogP contribution in [-0.4, -0.2) is 32.3 Å². The fraction of sp³-hybridized carbons (Fsp3) is 0.500. The van der Waals surface area contributed by atoms with E-state index in [4.69, 9.17) is 21.1 Å². The second-order valence-corrected chi connectivity index (χ2v) is 5.08. The number of benzene rings is 1. The molecule has 1 aliphatic rings. The van der Waals surface area contributed by atoms with E-state index in [1.165, 1.54) is 19.2 Å². The Kier molecular flexibility index (Phi) is 5.34. The molecule has 1 aromatic rings. The average molecular weight is 302 g/mol. The lowest BCUT2D eigenvalue weighted by atomic mass is 10.1. The summed E-state index contributed by atoms with van der Waals surface area (Å²) in [5.74, 6) is -1.03. The molecule has 110 valence electrons. The molecule has 2 rings (SSSR count). The third-order valence-electron chi connectivity index (χ3n) is 3.29. The van der Waals surface area contributed by atoms with Crippen LogP contribution in [0.2, 0.25) is 5.02 Å². The van der Waals surface area contributed by atoms with Gasteiger partial charge in [-0.1, -0.05) is 17.7 Å². The first kappa shape index (κ1) is 15.2. The van der Waals surface area contributed by atoms with Gasteiger partial charge in [0.25, 0.3) is 0 Å². The number of hydrogen-bond donors (Lipinski definition) is 1. The van der Waals surface area contributed by atoms with E-state index in [1.54, 1.807) is 6.07 Å². The molecule has 1 aromatic carbocycles. The van der Waals surface area contributed by atoms with Crippen LogP contribution in [0.5, 0.6) is 0 Å². The van der Waals surface area contributed by atoms with Crippen LogP contribution in [0.15, 0.2) is 18.2 Å². The molecule has 0 aromatic heterocycles. The van der Waals surface area contributed by atoms with Crippen LogP contribution >= 0.6 is 11.6 Å². The molecule has 0 saturated carbocycles. The van der Waals surface area contributed by atoms with Gasteiger partial charge in [0, 0.05) is 13.2 Å². The lowest BCUT2D eigenvalue weighted by Gasteiger charge is -2.19. The topological polar surface area (TPSA) is 47.6 Å². The van der Waals surface area contributed by atoms with Crippen molar-refractivity contribution >= 4 is 17.6 Å². The Bertz CT molecular complexity index is 477. The van der Waals surface area contributed by atoms with Gasteiger partial charge >= 0.3 is 5.97 Å². The molecule has 1 aliphatic heterocycles. The summed E-state index contributed by atoms with van der Waals surface area (Å²) in [6, 6.07) is 3.55. The van der Waals surface area contributed by atoms with Crippen molar-refractivity contribution < 1.29 is 18.7 Å². The summed E-state index contributed by atoms with van der Waals surface area (Å²) in [4.78, 5) is 11.8. The summed E-state index contributed by atoms with van der Waals surface area (Å²) in [6.45, 7) is 1.26. The third kappa shape index (κ3) is 3.69. The molecule has 2 atom stereocenters. The van der Waals surface area contributed by atoms with E-state index in [0.717, 1.165) is 19.4 Å². The number of methoxy groups -OCH3 is 1. The van der Waals surface area contributed by atoms with Crippen LogP contribution in [-0.2, 0) is 14.3 Å². The number of ether oxygens (including phenoxy) is 2. The maximum absolute atomic E-state index is 13.5. The van der Waals surface area contributed by atoms with Gasteiger partial charge < -0.3 is 9.47 Å². The zero-order chi connectivity index (χ0) is 14.5. The summed E-state index contributed by atoms with van der Waals surface area (Å²) < 4.78 is 23.8. The molecule has 20 heavy (non-hydrogen) atoms. The van der Waals surface area contributed by atoms with Gasteiger partial charge in [-0.2, -0.15) is 0 Å². The normalized spacial score (nSPS) is 19.9. The lowest BCUT2D eigenvalue weighted by molar-refractivity contribution is -0.143. The fourth-order valence-electron chi connectivity index (χ4n) is 2.20. The second kappa shape index (κ2) is 7.02. The van der Waals surface area contributed by atoms with Crippen LogP contribution in [0.3, 0.4) is 0 Å².